The number of aryl methyl sites for hydroxylation is 3. The molecule has 0 nitrogen and oxygen atoms in total. The Bertz CT molecular complexity index is 542. The van der Waals surface area contributed by atoms with Crippen LogP contribution in [-0.2, 0) is 19.3 Å². The molecule has 1 heterocycles. The predicted molar refractivity (Wildman–Crippen MR) is 89.7 cm³/mol. The topological polar surface area (TPSA) is 0 Å². The van der Waals surface area contributed by atoms with Crippen LogP contribution in [0.25, 0.3) is 0 Å². The van der Waals surface area contributed by atoms with Crippen molar-refractivity contribution < 1.29 is 0 Å². The number of benzene rings is 1. The van der Waals surface area contributed by atoms with Crippen molar-refractivity contribution in [2.24, 2.45) is 0 Å². The Labute approximate surface area is 129 Å². The molecule has 19 heavy (non-hydrogen) atoms. The van der Waals surface area contributed by atoms with Crippen molar-refractivity contribution in [1.29, 1.82) is 0 Å². The molecule has 0 aliphatic rings. The van der Waals surface area contributed by atoms with Crippen LogP contribution in [0.5, 0.6) is 0 Å². The van der Waals surface area contributed by atoms with Gasteiger partial charge in [0.25, 0.3) is 0 Å². The molecule has 0 spiro atoms. The van der Waals surface area contributed by atoms with E-state index in [0.29, 0.717) is 4.83 Å². The van der Waals surface area contributed by atoms with Gasteiger partial charge in [-0.05, 0) is 48.1 Å². The third kappa shape index (κ3) is 3.29. The number of alkyl halides is 1. The summed E-state index contributed by atoms with van der Waals surface area (Å²) in [6.45, 7) is 6.67. The van der Waals surface area contributed by atoms with Gasteiger partial charge in [-0.15, -0.1) is 11.3 Å². The van der Waals surface area contributed by atoms with Gasteiger partial charge >= 0.3 is 0 Å². The molecule has 0 amide bonds. The van der Waals surface area contributed by atoms with Gasteiger partial charge in [0.15, 0.2) is 0 Å². The Morgan fingerprint density at radius 3 is 2.37 bits per heavy atom. The van der Waals surface area contributed by atoms with Gasteiger partial charge in [0.2, 0.25) is 0 Å². The fraction of sp³-hybridized carbons (Fsp3) is 0.412. The van der Waals surface area contributed by atoms with Gasteiger partial charge in [-0.1, -0.05) is 54.9 Å². The molecule has 0 bridgehead atoms. The summed E-state index contributed by atoms with van der Waals surface area (Å²) >= 11 is 5.82. The van der Waals surface area contributed by atoms with E-state index in [0.717, 1.165) is 19.3 Å². The Morgan fingerprint density at radius 2 is 1.79 bits per heavy atom. The van der Waals surface area contributed by atoms with E-state index in [4.69, 9.17) is 0 Å². The fourth-order valence-corrected chi connectivity index (χ4v) is 4.11. The Morgan fingerprint density at radius 1 is 1.00 bits per heavy atom. The first kappa shape index (κ1) is 14.8. The lowest BCUT2D eigenvalue weighted by Gasteiger charge is -2.14. The second-order valence-electron chi connectivity index (χ2n) is 4.76. The summed E-state index contributed by atoms with van der Waals surface area (Å²) in [7, 11) is 0. The van der Waals surface area contributed by atoms with Gasteiger partial charge in [-0.25, -0.2) is 0 Å². The maximum Gasteiger partial charge on any atom is 0.0740 e. The number of hydrogen-bond donors (Lipinski definition) is 0. The largest absolute Gasteiger partial charge is 0.144 e. The van der Waals surface area contributed by atoms with Crippen molar-refractivity contribution in [3.8, 4) is 0 Å². The van der Waals surface area contributed by atoms with Crippen molar-refractivity contribution in [3.63, 3.8) is 0 Å². The molecule has 2 aromatic rings. The van der Waals surface area contributed by atoms with Crippen LogP contribution in [0.15, 0.2) is 30.3 Å². The van der Waals surface area contributed by atoms with Crippen LogP contribution in [0.1, 0.15) is 52.0 Å². The summed E-state index contributed by atoms with van der Waals surface area (Å²) in [4.78, 5) is 3.21. The highest BCUT2D eigenvalue weighted by Crippen LogP contribution is 2.37. The second kappa shape index (κ2) is 6.71. The molecule has 102 valence electrons. The van der Waals surface area contributed by atoms with Crippen molar-refractivity contribution in [2.45, 2.75) is 44.9 Å². The van der Waals surface area contributed by atoms with Crippen LogP contribution in [0, 0.1) is 0 Å². The first-order valence-electron chi connectivity index (χ1n) is 7.03. The van der Waals surface area contributed by atoms with Crippen LogP contribution in [0.2, 0.25) is 0 Å². The van der Waals surface area contributed by atoms with E-state index < -0.39 is 0 Å². The molecular formula is C17H21BrS. The molecule has 1 aromatic heterocycles. The number of hydrogen-bond acceptors (Lipinski definition) is 1. The van der Waals surface area contributed by atoms with Gasteiger partial charge in [0.05, 0.1) is 4.83 Å². The van der Waals surface area contributed by atoms with Gasteiger partial charge in [0, 0.05) is 9.75 Å². The highest BCUT2D eigenvalue weighted by molar-refractivity contribution is 9.09. The maximum atomic E-state index is 3.90. The minimum Gasteiger partial charge on any atom is -0.144 e. The third-order valence-corrected chi connectivity index (χ3v) is 6.14. The average molecular weight is 337 g/mol. The lowest BCUT2D eigenvalue weighted by molar-refractivity contribution is 1.04. The van der Waals surface area contributed by atoms with Gasteiger partial charge in [0.1, 0.15) is 0 Å². The summed E-state index contributed by atoms with van der Waals surface area (Å²) in [5.74, 6) is 0. The molecule has 0 N–H and O–H groups in total. The molecule has 2 rings (SSSR count). The highest BCUT2D eigenvalue weighted by Gasteiger charge is 2.16. The lowest BCUT2D eigenvalue weighted by atomic mass is 9.98. The minimum atomic E-state index is 0.333. The highest BCUT2D eigenvalue weighted by atomic mass is 79.9. The molecule has 0 aliphatic heterocycles. The predicted octanol–water partition coefficient (Wildman–Crippen LogP) is 5.92. The molecule has 0 saturated heterocycles. The third-order valence-electron chi connectivity index (χ3n) is 3.55. The molecule has 0 aliphatic carbocycles. The number of rotatable bonds is 5. The molecule has 2 heteroatoms. The van der Waals surface area contributed by atoms with E-state index in [2.05, 4.69) is 67.0 Å². The van der Waals surface area contributed by atoms with Crippen LogP contribution < -0.4 is 0 Å². The lowest BCUT2D eigenvalue weighted by Crippen LogP contribution is -1.98. The molecule has 1 atom stereocenters. The molecule has 1 aromatic carbocycles. The van der Waals surface area contributed by atoms with E-state index in [1.807, 2.05) is 11.3 Å². The van der Waals surface area contributed by atoms with E-state index >= 15 is 0 Å². The molecular weight excluding hydrogens is 316 g/mol. The summed E-state index contributed by atoms with van der Waals surface area (Å²) in [6.07, 6.45) is 3.31. The fourth-order valence-electron chi connectivity index (χ4n) is 2.30. The SMILES string of the molecule is CCc1ccc(CC)c(C(Br)c2ccc(CC)s2)c1. The van der Waals surface area contributed by atoms with Crippen molar-refractivity contribution in [1.82, 2.24) is 0 Å². The summed E-state index contributed by atoms with van der Waals surface area (Å²) in [5.41, 5.74) is 4.31. The minimum absolute atomic E-state index is 0.333. The quantitative estimate of drug-likeness (QED) is 0.594. The van der Waals surface area contributed by atoms with E-state index in [1.165, 1.54) is 26.4 Å². The first-order valence-corrected chi connectivity index (χ1v) is 8.77. The van der Waals surface area contributed by atoms with Gasteiger partial charge in [-0.2, -0.15) is 0 Å². The molecule has 0 saturated carbocycles. The zero-order valence-corrected chi connectivity index (χ0v) is 14.3. The summed E-state index contributed by atoms with van der Waals surface area (Å²) in [5, 5.41) is 0. The Kier molecular flexibility index (Phi) is 5.23. The maximum absolute atomic E-state index is 3.90. The molecule has 0 fully saturated rings. The Balaban J connectivity index is 2.38. The monoisotopic (exact) mass is 336 g/mol. The smallest absolute Gasteiger partial charge is 0.0740 e. The number of halogens is 1. The van der Waals surface area contributed by atoms with E-state index in [1.54, 1.807) is 0 Å². The zero-order chi connectivity index (χ0) is 13.8. The standard InChI is InChI=1S/C17H21BrS/c1-4-12-7-8-13(5-2)15(11-12)17(18)16-10-9-14(6-3)19-16/h7-11,17H,4-6H2,1-3H3. The number of thiophene rings is 1. The van der Waals surface area contributed by atoms with Crippen molar-refractivity contribution >= 4 is 27.3 Å². The van der Waals surface area contributed by atoms with Gasteiger partial charge in [-0.3, -0.25) is 0 Å². The van der Waals surface area contributed by atoms with Crippen molar-refractivity contribution in [2.75, 3.05) is 0 Å². The van der Waals surface area contributed by atoms with Crippen LogP contribution in [0.3, 0.4) is 0 Å². The normalized spacial score (nSPS) is 12.6. The first-order chi connectivity index (χ1) is 9.19. The van der Waals surface area contributed by atoms with E-state index in [-0.39, 0.29) is 0 Å². The van der Waals surface area contributed by atoms with Crippen LogP contribution >= 0.6 is 27.3 Å². The second-order valence-corrected chi connectivity index (χ2v) is 6.88. The summed E-state index contributed by atoms with van der Waals surface area (Å²) < 4.78 is 0. The zero-order valence-electron chi connectivity index (χ0n) is 11.9. The Hall–Kier alpha value is -0.600. The van der Waals surface area contributed by atoms with Crippen LogP contribution in [0.4, 0.5) is 0 Å². The van der Waals surface area contributed by atoms with E-state index in [9.17, 15) is 0 Å². The van der Waals surface area contributed by atoms with Gasteiger partial charge < -0.3 is 0 Å². The molecule has 0 radical (unpaired) electrons. The van der Waals surface area contributed by atoms with Crippen LogP contribution in [-0.4, -0.2) is 0 Å². The average Bonchev–Trinajstić information content (AvgIpc) is 2.94. The summed E-state index contributed by atoms with van der Waals surface area (Å²) in [6, 6.07) is 11.4. The molecule has 1 unspecified atom stereocenters. The van der Waals surface area contributed by atoms with Crippen molar-refractivity contribution in [3.05, 3.63) is 56.8 Å².